The average molecular weight is 266 g/mol. The molecule has 2 N–H and O–H groups in total. The number of rotatable bonds is 5. The predicted molar refractivity (Wildman–Crippen MR) is 70.5 cm³/mol. The van der Waals surface area contributed by atoms with Gasteiger partial charge < -0.3 is 15.4 Å². The number of carbonyl (C=O) groups is 1. The molecule has 0 unspecified atom stereocenters. The van der Waals surface area contributed by atoms with E-state index in [1.807, 2.05) is 0 Å². The fourth-order valence-electron chi connectivity index (χ4n) is 2.10. The monoisotopic (exact) mass is 266 g/mol. The summed E-state index contributed by atoms with van der Waals surface area (Å²) in [7, 11) is 0. The molecule has 0 aliphatic carbocycles. The molecule has 0 bridgehead atoms. The molecule has 0 aromatic heterocycles. The Bertz CT molecular complexity index is 402. The second-order valence-corrected chi connectivity index (χ2v) is 4.62. The van der Waals surface area contributed by atoms with Crippen LogP contribution in [-0.4, -0.2) is 32.1 Å². The Morgan fingerprint density at radius 2 is 2.00 bits per heavy atom. The first-order valence-electron chi connectivity index (χ1n) is 6.62. The van der Waals surface area contributed by atoms with E-state index in [0.717, 1.165) is 25.9 Å². The Hall–Kier alpha value is -1.62. The predicted octanol–water partition coefficient (Wildman–Crippen LogP) is 1.32. The summed E-state index contributed by atoms with van der Waals surface area (Å²) >= 11 is 0. The summed E-state index contributed by atoms with van der Waals surface area (Å²) in [6.07, 6.45) is 1.79. The van der Waals surface area contributed by atoms with E-state index in [-0.39, 0.29) is 17.6 Å². The maximum atomic E-state index is 12.7. The van der Waals surface area contributed by atoms with Crippen LogP contribution in [0, 0.1) is 11.7 Å². The van der Waals surface area contributed by atoms with E-state index < -0.39 is 0 Å². The molecule has 0 radical (unpaired) electrons. The van der Waals surface area contributed by atoms with Gasteiger partial charge in [-0.1, -0.05) is 0 Å². The maximum absolute atomic E-state index is 12.7. The van der Waals surface area contributed by atoms with E-state index in [1.165, 1.54) is 12.1 Å². The first kappa shape index (κ1) is 13.8. The lowest BCUT2D eigenvalue weighted by Gasteiger charge is -2.21. The van der Waals surface area contributed by atoms with Gasteiger partial charge in [0, 0.05) is 5.92 Å². The zero-order valence-corrected chi connectivity index (χ0v) is 10.8. The normalized spacial score (nSPS) is 16.1. The Morgan fingerprint density at radius 1 is 1.32 bits per heavy atom. The van der Waals surface area contributed by atoms with Crippen LogP contribution < -0.4 is 15.4 Å². The summed E-state index contributed by atoms with van der Waals surface area (Å²) in [6, 6.07) is 5.85. The van der Waals surface area contributed by atoms with Gasteiger partial charge >= 0.3 is 0 Å². The molecule has 1 fully saturated rings. The zero-order chi connectivity index (χ0) is 13.5. The summed E-state index contributed by atoms with van der Waals surface area (Å²) in [5.74, 6) is 0.542. The molecule has 2 rings (SSSR count). The fourth-order valence-corrected chi connectivity index (χ4v) is 2.10. The Morgan fingerprint density at radius 3 is 2.68 bits per heavy atom. The smallest absolute Gasteiger partial charge is 0.223 e. The van der Waals surface area contributed by atoms with Crippen LogP contribution in [0.5, 0.6) is 5.75 Å². The van der Waals surface area contributed by atoms with Crippen molar-refractivity contribution in [2.45, 2.75) is 12.8 Å². The number of nitrogens with one attached hydrogen (secondary N) is 2. The molecule has 5 heteroatoms. The molecule has 1 aliphatic heterocycles. The standard InChI is InChI=1S/C14H19FN2O2/c15-12-1-3-13(4-2-12)19-10-9-17-14(18)11-5-7-16-8-6-11/h1-4,11,16H,5-10H2,(H,17,18). The number of amides is 1. The minimum absolute atomic E-state index is 0.101. The number of carbonyl (C=O) groups excluding carboxylic acids is 1. The molecule has 104 valence electrons. The summed E-state index contributed by atoms with van der Waals surface area (Å²) in [5.41, 5.74) is 0. The summed E-state index contributed by atoms with van der Waals surface area (Å²) in [5, 5.41) is 6.10. The van der Waals surface area contributed by atoms with Gasteiger partial charge in [-0.3, -0.25) is 4.79 Å². The second-order valence-electron chi connectivity index (χ2n) is 4.62. The zero-order valence-electron chi connectivity index (χ0n) is 10.8. The summed E-state index contributed by atoms with van der Waals surface area (Å²) in [6.45, 7) is 2.68. The van der Waals surface area contributed by atoms with E-state index in [0.29, 0.717) is 18.9 Å². The van der Waals surface area contributed by atoms with Crippen LogP contribution in [0.4, 0.5) is 4.39 Å². The maximum Gasteiger partial charge on any atom is 0.223 e. The van der Waals surface area contributed by atoms with Crippen LogP contribution in [0.2, 0.25) is 0 Å². The van der Waals surface area contributed by atoms with Crippen molar-refractivity contribution in [3.8, 4) is 5.75 Å². The first-order chi connectivity index (χ1) is 9.25. The van der Waals surface area contributed by atoms with Crippen LogP contribution in [-0.2, 0) is 4.79 Å². The third kappa shape index (κ3) is 4.52. The van der Waals surface area contributed by atoms with Gasteiger partial charge in [0.05, 0.1) is 6.54 Å². The summed E-state index contributed by atoms with van der Waals surface area (Å²) < 4.78 is 18.1. The molecule has 1 saturated heterocycles. The molecule has 1 aliphatic rings. The lowest BCUT2D eigenvalue weighted by Crippen LogP contribution is -2.39. The van der Waals surface area contributed by atoms with Crippen molar-refractivity contribution >= 4 is 5.91 Å². The highest BCUT2D eigenvalue weighted by Gasteiger charge is 2.20. The Kier molecular flexibility index (Phi) is 5.15. The highest BCUT2D eigenvalue weighted by Crippen LogP contribution is 2.12. The summed E-state index contributed by atoms with van der Waals surface area (Å²) in [4.78, 5) is 11.8. The average Bonchev–Trinajstić information content (AvgIpc) is 2.46. The minimum Gasteiger partial charge on any atom is -0.492 e. The highest BCUT2D eigenvalue weighted by atomic mass is 19.1. The molecule has 4 nitrogen and oxygen atoms in total. The van der Waals surface area contributed by atoms with Crippen LogP contribution >= 0.6 is 0 Å². The molecule has 1 aromatic carbocycles. The van der Waals surface area contributed by atoms with Crippen molar-refractivity contribution in [1.29, 1.82) is 0 Å². The van der Waals surface area contributed by atoms with Gasteiger partial charge in [-0.2, -0.15) is 0 Å². The van der Waals surface area contributed by atoms with Gasteiger partial charge in [-0.25, -0.2) is 4.39 Å². The van der Waals surface area contributed by atoms with E-state index in [1.54, 1.807) is 12.1 Å². The van der Waals surface area contributed by atoms with Crippen molar-refractivity contribution in [3.63, 3.8) is 0 Å². The third-order valence-electron chi connectivity index (χ3n) is 3.19. The number of hydrogen-bond acceptors (Lipinski definition) is 3. The third-order valence-corrected chi connectivity index (χ3v) is 3.19. The number of halogens is 1. The number of hydrogen-bond donors (Lipinski definition) is 2. The van der Waals surface area contributed by atoms with Crippen LogP contribution in [0.25, 0.3) is 0 Å². The quantitative estimate of drug-likeness (QED) is 0.790. The van der Waals surface area contributed by atoms with E-state index >= 15 is 0 Å². The minimum atomic E-state index is -0.286. The van der Waals surface area contributed by atoms with Crippen LogP contribution in [0.1, 0.15) is 12.8 Å². The Balaban J connectivity index is 1.63. The molecule has 1 aromatic rings. The van der Waals surface area contributed by atoms with E-state index in [9.17, 15) is 9.18 Å². The van der Waals surface area contributed by atoms with E-state index in [4.69, 9.17) is 4.74 Å². The Labute approximate surface area is 112 Å². The second kappa shape index (κ2) is 7.09. The van der Waals surface area contributed by atoms with Gasteiger partial charge in [0.1, 0.15) is 18.2 Å². The molecular weight excluding hydrogens is 247 g/mol. The van der Waals surface area contributed by atoms with Crippen LogP contribution in [0.3, 0.4) is 0 Å². The molecule has 0 saturated carbocycles. The molecule has 1 heterocycles. The molecule has 1 amide bonds. The van der Waals surface area contributed by atoms with Crippen molar-refractivity contribution in [3.05, 3.63) is 30.1 Å². The van der Waals surface area contributed by atoms with Crippen LogP contribution in [0.15, 0.2) is 24.3 Å². The molecular formula is C14H19FN2O2. The van der Waals surface area contributed by atoms with Crippen molar-refractivity contribution < 1.29 is 13.9 Å². The van der Waals surface area contributed by atoms with Crippen molar-refractivity contribution in [1.82, 2.24) is 10.6 Å². The number of ether oxygens (including phenoxy) is 1. The fraction of sp³-hybridized carbons (Fsp3) is 0.500. The van der Waals surface area contributed by atoms with E-state index in [2.05, 4.69) is 10.6 Å². The topological polar surface area (TPSA) is 50.4 Å². The molecule has 19 heavy (non-hydrogen) atoms. The lowest BCUT2D eigenvalue weighted by molar-refractivity contribution is -0.125. The highest BCUT2D eigenvalue weighted by molar-refractivity contribution is 5.78. The molecule has 0 atom stereocenters. The largest absolute Gasteiger partial charge is 0.492 e. The van der Waals surface area contributed by atoms with Gasteiger partial charge in [0.25, 0.3) is 0 Å². The molecule has 0 spiro atoms. The number of benzene rings is 1. The van der Waals surface area contributed by atoms with Gasteiger partial charge in [-0.05, 0) is 50.2 Å². The van der Waals surface area contributed by atoms with Crippen molar-refractivity contribution in [2.24, 2.45) is 5.92 Å². The number of piperidine rings is 1. The lowest BCUT2D eigenvalue weighted by atomic mass is 9.97. The van der Waals surface area contributed by atoms with Gasteiger partial charge in [0.15, 0.2) is 0 Å². The van der Waals surface area contributed by atoms with Gasteiger partial charge in [0.2, 0.25) is 5.91 Å². The van der Waals surface area contributed by atoms with Gasteiger partial charge in [-0.15, -0.1) is 0 Å². The van der Waals surface area contributed by atoms with Crippen molar-refractivity contribution in [2.75, 3.05) is 26.2 Å². The first-order valence-corrected chi connectivity index (χ1v) is 6.62. The SMILES string of the molecule is O=C(NCCOc1ccc(F)cc1)C1CCNCC1.